The van der Waals surface area contributed by atoms with Crippen LogP contribution in [0.25, 0.3) is 22.6 Å². The summed E-state index contributed by atoms with van der Waals surface area (Å²) in [5.74, 6) is 1.13. The van der Waals surface area contributed by atoms with Crippen molar-refractivity contribution < 1.29 is 9.21 Å². The van der Waals surface area contributed by atoms with Crippen molar-refractivity contribution in [2.75, 3.05) is 11.1 Å². The molecule has 2 heterocycles. The molecule has 0 aliphatic rings. The van der Waals surface area contributed by atoms with Crippen LogP contribution in [-0.2, 0) is 11.8 Å². The summed E-state index contributed by atoms with van der Waals surface area (Å²) in [6.45, 7) is 0. The van der Waals surface area contributed by atoms with Gasteiger partial charge in [0.25, 0.3) is 0 Å². The Kier molecular flexibility index (Phi) is 5.87. The van der Waals surface area contributed by atoms with Gasteiger partial charge in [-0.25, -0.2) is 0 Å². The normalized spacial score (nSPS) is 11.2. The van der Waals surface area contributed by atoms with Crippen LogP contribution in [0.1, 0.15) is 0 Å². The largest absolute Gasteiger partial charge is 0.453 e. The maximum atomic E-state index is 12.3. The molecule has 10 heteroatoms. The zero-order valence-electron chi connectivity index (χ0n) is 14.9. The number of hydrogen-bond acceptors (Lipinski definition) is 5. The number of hydrogen-bond donors (Lipinski definition) is 1. The summed E-state index contributed by atoms with van der Waals surface area (Å²) < 4.78 is 8.63. The van der Waals surface area contributed by atoms with Gasteiger partial charge in [-0.3, -0.25) is 4.79 Å². The van der Waals surface area contributed by atoms with Gasteiger partial charge >= 0.3 is 0 Å². The van der Waals surface area contributed by atoms with E-state index in [2.05, 4.69) is 31.4 Å². The molecule has 4 aromatic rings. The van der Waals surface area contributed by atoms with E-state index in [-0.39, 0.29) is 11.7 Å². The first-order valence-corrected chi connectivity index (χ1v) is 10.9. The molecule has 0 aliphatic carbocycles. The van der Waals surface area contributed by atoms with Crippen LogP contribution in [0.15, 0.2) is 56.5 Å². The van der Waals surface area contributed by atoms with Gasteiger partial charge in [0.1, 0.15) is 5.58 Å². The Hall–Kier alpha value is -2.00. The number of carbonyl (C=O) groups excluding carboxylic acids is 1. The lowest BCUT2D eigenvalue weighted by atomic mass is 10.2. The number of nitrogens with one attached hydrogen (secondary N) is 1. The predicted molar refractivity (Wildman–Crippen MR) is 120 cm³/mol. The minimum atomic E-state index is -0.211. The van der Waals surface area contributed by atoms with Crippen molar-refractivity contribution in [3.8, 4) is 11.6 Å². The fourth-order valence-corrected chi connectivity index (χ4v) is 4.23. The minimum absolute atomic E-state index is 0.151. The van der Waals surface area contributed by atoms with Crippen molar-refractivity contribution in [3.63, 3.8) is 0 Å². The van der Waals surface area contributed by atoms with Crippen LogP contribution in [0.5, 0.6) is 0 Å². The first-order valence-electron chi connectivity index (χ1n) is 8.37. The lowest BCUT2D eigenvalue weighted by Gasteiger charge is -2.07. The highest BCUT2D eigenvalue weighted by atomic mass is 79.9. The lowest BCUT2D eigenvalue weighted by Crippen LogP contribution is -2.14. The van der Waals surface area contributed by atoms with Crippen LogP contribution < -0.4 is 5.32 Å². The molecule has 148 valence electrons. The number of amides is 1. The standard InChI is InChI=1S/C19H13BrCl2N4O2S/c1-26-18(16-7-10-6-11(20)2-5-15(10)28-16)24-25-19(26)29-9-17(27)23-14-4-3-12(21)8-13(14)22/h2-8H,9H2,1H3,(H,23,27). The van der Waals surface area contributed by atoms with Crippen LogP contribution in [0, 0.1) is 0 Å². The number of halogens is 3. The summed E-state index contributed by atoms with van der Waals surface area (Å²) in [5, 5.41) is 13.6. The number of rotatable bonds is 5. The van der Waals surface area contributed by atoms with Gasteiger partial charge in [0.15, 0.2) is 16.7 Å². The number of fused-ring (bicyclic) bond motifs is 1. The maximum absolute atomic E-state index is 12.3. The maximum Gasteiger partial charge on any atom is 0.234 e. The Morgan fingerprint density at radius 2 is 2.03 bits per heavy atom. The SMILES string of the molecule is Cn1c(SCC(=O)Nc2ccc(Cl)cc2Cl)nnc1-c1cc2cc(Br)ccc2o1. The topological polar surface area (TPSA) is 73.0 Å². The average Bonchev–Trinajstić information content (AvgIpc) is 3.25. The Labute approximate surface area is 188 Å². The van der Waals surface area contributed by atoms with Gasteiger partial charge in [-0.1, -0.05) is 50.9 Å². The molecular formula is C19H13BrCl2N4O2S. The van der Waals surface area contributed by atoms with Crippen molar-refractivity contribution in [3.05, 3.63) is 57.0 Å². The number of benzene rings is 2. The van der Waals surface area contributed by atoms with E-state index < -0.39 is 0 Å². The average molecular weight is 512 g/mol. The molecule has 2 aromatic heterocycles. The number of furan rings is 1. The van der Waals surface area contributed by atoms with Gasteiger partial charge in [0.2, 0.25) is 5.91 Å². The molecule has 1 N–H and O–H groups in total. The first kappa shape index (κ1) is 20.3. The molecule has 0 saturated carbocycles. The summed E-state index contributed by atoms with van der Waals surface area (Å²) in [7, 11) is 1.83. The summed E-state index contributed by atoms with van der Waals surface area (Å²) in [5.41, 5.74) is 1.27. The Morgan fingerprint density at radius 3 is 2.83 bits per heavy atom. The van der Waals surface area contributed by atoms with Crippen molar-refractivity contribution in [2.45, 2.75) is 5.16 Å². The van der Waals surface area contributed by atoms with Gasteiger partial charge in [-0.05, 0) is 42.5 Å². The first-order chi connectivity index (χ1) is 13.9. The number of carbonyl (C=O) groups is 1. The van der Waals surface area contributed by atoms with E-state index in [4.69, 9.17) is 27.6 Å². The zero-order chi connectivity index (χ0) is 20.5. The second-order valence-electron chi connectivity index (χ2n) is 6.12. The molecule has 0 saturated heterocycles. The highest BCUT2D eigenvalue weighted by molar-refractivity contribution is 9.10. The van der Waals surface area contributed by atoms with Crippen molar-refractivity contribution in [1.29, 1.82) is 0 Å². The summed E-state index contributed by atoms with van der Waals surface area (Å²) in [4.78, 5) is 12.3. The molecule has 1 amide bonds. The van der Waals surface area contributed by atoms with Crippen LogP contribution in [-0.4, -0.2) is 26.4 Å². The molecule has 0 atom stereocenters. The number of thioether (sulfide) groups is 1. The van der Waals surface area contributed by atoms with Gasteiger partial charge in [-0.15, -0.1) is 10.2 Å². The van der Waals surface area contributed by atoms with Gasteiger partial charge in [0.05, 0.1) is 16.5 Å². The molecule has 29 heavy (non-hydrogen) atoms. The fourth-order valence-electron chi connectivity index (χ4n) is 2.69. The Bertz CT molecular complexity index is 1220. The summed E-state index contributed by atoms with van der Waals surface area (Å²) in [6.07, 6.45) is 0. The fraction of sp³-hybridized carbons (Fsp3) is 0.105. The number of nitrogens with zero attached hydrogens (tertiary/aromatic N) is 3. The molecular weight excluding hydrogens is 499 g/mol. The van der Waals surface area contributed by atoms with E-state index in [1.54, 1.807) is 22.8 Å². The van der Waals surface area contributed by atoms with Gasteiger partial charge in [-0.2, -0.15) is 0 Å². The van der Waals surface area contributed by atoms with Crippen molar-refractivity contribution >= 4 is 73.5 Å². The molecule has 0 unspecified atom stereocenters. The molecule has 2 aromatic carbocycles. The van der Waals surface area contributed by atoms with E-state index in [1.165, 1.54) is 11.8 Å². The van der Waals surface area contributed by atoms with E-state index >= 15 is 0 Å². The molecule has 0 fully saturated rings. The van der Waals surface area contributed by atoms with Gasteiger partial charge in [0, 0.05) is 21.9 Å². The van der Waals surface area contributed by atoms with Crippen LogP contribution in [0.3, 0.4) is 0 Å². The van der Waals surface area contributed by atoms with Crippen molar-refractivity contribution in [2.24, 2.45) is 7.05 Å². The monoisotopic (exact) mass is 510 g/mol. The minimum Gasteiger partial charge on any atom is -0.453 e. The smallest absolute Gasteiger partial charge is 0.234 e. The predicted octanol–water partition coefficient (Wildman–Crippen LogP) is 6.03. The molecule has 4 rings (SSSR count). The Balaban J connectivity index is 1.46. The third kappa shape index (κ3) is 4.45. The highest BCUT2D eigenvalue weighted by Crippen LogP contribution is 2.30. The van der Waals surface area contributed by atoms with Crippen molar-refractivity contribution in [1.82, 2.24) is 14.8 Å². The van der Waals surface area contributed by atoms with Crippen LogP contribution in [0.2, 0.25) is 10.0 Å². The molecule has 0 bridgehead atoms. The number of anilines is 1. The second kappa shape index (κ2) is 8.39. The highest BCUT2D eigenvalue weighted by Gasteiger charge is 2.17. The van der Waals surface area contributed by atoms with E-state index in [0.717, 1.165) is 15.4 Å². The van der Waals surface area contributed by atoms with E-state index in [1.807, 2.05) is 31.3 Å². The summed E-state index contributed by atoms with van der Waals surface area (Å²) in [6, 6.07) is 12.6. The van der Waals surface area contributed by atoms with E-state index in [9.17, 15) is 4.79 Å². The summed E-state index contributed by atoms with van der Waals surface area (Å²) >= 11 is 16.7. The molecule has 6 nitrogen and oxygen atoms in total. The Morgan fingerprint density at radius 1 is 1.21 bits per heavy atom. The quantitative estimate of drug-likeness (QED) is 0.331. The third-order valence-corrected chi connectivity index (χ3v) is 6.13. The number of aromatic nitrogens is 3. The molecule has 0 spiro atoms. The third-order valence-electron chi connectivity index (χ3n) is 4.07. The molecule has 0 radical (unpaired) electrons. The van der Waals surface area contributed by atoms with E-state index in [0.29, 0.717) is 32.5 Å². The van der Waals surface area contributed by atoms with Crippen LogP contribution in [0.4, 0.5) is 5.69 Å². The second-order valence-corrected chi connectivity index (χ2v) is 8.82. The lowest BCUT2D eigenvalue weighted by molar-refractivity contribution is -0.113. The van der Waals surface area contributed by atoms with Gasteiger partial charge < -0.3 is 14.3 Å². The molecule has 0 aliphatic heterocycles. The van der Waals surface area contributed by atoms with Crippen LogP contribution >= 0.6 is 50.9 Å². The zero-order valence-corrected chi connectivity index (χ0v) is 18.9.